The van der Waals surface area contributed by atoms with Crippen molar-refractivity contribution in [3.8, 4) is 0 Å². The summed E-state index contributed by atoms with van der Waals surface area (Å²) >= 11 is 12.6. The van der Waals surface area contributed by atoms with Crippen LogP contribution in [-0.2, 0) is 18.0 Å². The van der Waals surface area contributed by atoms with Gasteiger partial charge in [-0.05, 0) is 12.1 Å². The second kappa shape index (κ2) is 6.98. The number of amides is 1. The van der Waals surface area contributed by atoms with E-state index in [1.54, 1.807) is 18.2 Å². The SMILES string of the molecule is Cn1c(SCC(=O)Nc2cccc(Cl)c2Cl)nnc1C(F)(F)F. The van der Waals surface area contributed by atoms with Crippen LogP contribution in [0.3, 0.4) is 0 Å². The Labute approximate surface area is 143 Å². The van der Waals surface area contributed by atoms with Crippen molar-refractivity contribution in [2.24, 2.45) is 7.05 Å². The van der Waals surface area contributed by atoms with E-state index in [0.29, 0.717) is 5.69 Å². The van der Waals surface area contributed by atoms with Crippen LogP contribution in [-0.4, -0.2) is 26.4 Å². The molecule has 5 nitrogen and oxygen atoms in total. The molecule has 2 aromatic rings. The number of hydrogen-bond acceptors (Lipinski definition) is 4. The molecule has 2 rings (SSSR count). The summed E-state index contributed by atoms with van der Waals surface area (Å²) in [7, 11) is 1.18. The maximum absolute atomic E-state index is 12.6. The fourth-order valence-corrected chi connectivity index (χ4v) is 2.66. The number of nitrogens with zero attached hydrogens (tertiary/aromatic N) is 3. The van der Waals surface area contributed by atoms with Crippen LogP contribution in [0.25, 0.3) is 0 Å². The Balaban J connectivity index is 2.00. The summed E-state index contributed by atoms with van der Waals surface area (Å²) in [6, 6.07) is 4.72. The van der Waals surface area contributed by atoms with Crippen LogP contribution < -0.4 is 5.32 Å². The second-order valence-corrected chi connectivity index (χ2v) is 6.03. The number of alkyl halides is 3. The topological polar surface area (TPSA) is 59.8 Å². The average Bonchev–Trinajstić information content (AvgIpc) is 2.83. The van der Waals surface area contributed by atoms with Crippen LogP contribution in [0.1, 0.15) is 5.82 Å². The smallest absolute Gasteiger partial charge is 0.324 e. The van der Waals surface area contributed by atoms with Gasteiger partial charge < -0.3 is 9.88 Å². The molecule has 0 saturated heterocycles. The number of rotatable bonds is 4. The lowest BCUT2D eigenvalue weighted by molar-refractivity contribution is -0.147. The number of anilines is 1. The van der Waals surface area contributed by atoms with Gasteiger partial charge >= 0.3 is 6.18 Å². The van der Waals surface area contributed by atoms with E-state index in [1.165, 1.54) is 7.05 Å². The molecule has 0 radical (unpaired) electrons. The Kier molecular flexibility index (Phi) is 5.43. The van der Waals surface area contributed by atoms with Gasteiger partial charge in [-0.15, -0.1) is 10.2 Å². The van der Waals surface area contributed by atoms with E-state index in [2.05, 4.69) is 15.5 Å². The molecule has 23 heavy (non-hydrogen) atoms. The van der Waals surface area contributed by atoms with Gasteiger partial charge in [0.1, 0.15) is 0 Å². The summed E-state index contributed by atoms with van der Waals surface area (Å²) < 4.78 is 38.6. The van der Waals surface area contributed by atoms with Crippen LogP contribution in [0.5, 0.6) is 0 Å². The first-order valence-electron chi connectivity index (χ1n) is 6.03. The van der Waals surface area contributed by atoms with Crippen molar-refractivity contribution in [1.29, 1.82) is 0 Å². The van der Waals surface area contributed by atoms with Gasteiger partial charge in [-0.25, -0.2) is 0 Å². The van der Waals surface area contributed by atoms with E-state index in [-0.39, 0.29) is 21.0 Å². The van der Waals surface area contributed by atoms with Gasteiger partial charge in [0.15, 0.2) is 5.16 Å². The lowest BCUT2D eigenvalue weighted by atomic mass is 10.3. The number of halogens is 5. The molecule has 0 atom stereocenters. The molecule has 0 unspecified atom stereocenters. The minimum Gasteiger partial charge on any atom is -0.324 e. The number of carbonyl (C=O) groups is 1. The summed E-state index contributed by atoms with van der Waals surface area (Å²) in [5.41, 5.74) is 0.318. The molecule has 1 amide bonds. The monoisotopic (exact) mass is 384 g/mol. The van der Waals surface area contributed by atoms with E-state index in [1.807, 2.05) is 0 Å². The molecule has 1 heterocycles. The first-order valence-corrected chi connectivity index (χ1v) is 7.77. The van der Waals surface area contributed by atoms with Gasteiger partial charge in [-0.2, -0.15) is 13.2 Å². The molecule has 1 N–H and O–H groups in total. The van der Waals surface area contributed by atoms with Gasteiger partial charge in [0.05, 0.1) is 21.5 Å². The number of nitrogens with one attached hydrogen (secondary N) is 1. The third kappa shape index (κ3) is 4.30. The molecule has 124 valence electrons. The first-order chi connectivity index (χ1) is 10.7. The normalized spacial score (nSPS) is 11.6. The highest BCUT2D eigenvalue weighted by Crippen LogP contribution is 2.31. The summed E-state index contributed by atoms with van der Waals surface area (Å²) in [4.78, 5) is 11.9. The van der Waals surface area contributed by atoms with Crippen molar-refractivity contribution in [2.45, 2.75) is 11.3 Å². The number of hydrogen-bond donors (Lipinski definition) is 1. The minimum absolute atomic E-state index is 0.0235. The van der Waals surface area contributed by atoms with Crippen LogP contribution in [0.4, 0.5) is 18.9 Å². The van der Waals surface area contributed by atoms with Gasteiger partial charge in [0, 0.05) is 7.05 Å². The fraction of sp³-hybridized carbons (Fsp3) is 0.250. The molecule has 1 aromatic heterocycles. The molecule has 0 spiro atoms. The predicted octanol–water partition coefficient (Wildman–Crippen LogP) is 3.87. The highest BCUT2D eigenvalue weighted by molar-refractivity contribution is 7.99. The zero-order chi connectivity index (χ0) is 17.2. The number of thioether (sulfide) groups is 1. The van der Waals surface area contributed by atoms with Crippen molar-refractivity contribution >= 4 is 46.6 Å². The lowest BCUT2D eigenvalue weighted by Gasteiger charge is -2.08. The van der Waals surface area contributed by atoms with Gasteiger partial charge in [0.25, 0.3) is 0 Å². The van der Waals surface area contributed by atoms with Gasteiger partial charge in [-0.3, -0.25) is 4.79 Å². The Morgan fingerprint density at radius 2 is 2.04 bits per heavy atom. The van der Waals surface area contributed by atoms with Gasteiger partial charge in [-0.1, -0.05) is 41.0 Å². The third-order valence-corrected chi connectivity index (χ3v) is 4.49. The van der Waals surface area contributed by atoms with E-state index >= 15 is 0 Å². The van der Waals surface area contributed by atoms with Crippen LogP contribution in [0.2, 0.25) is 10.0 Å². The molecule has 0 aliphatic heterocycles. The molecule has 0 saturated carbocycles. The molecule has 1 aromatic carbocycles. The Morgan fingerprint density at radius 1 is 1.35 bits per heavy atom. The number of aromatic nitrogens is 3. The molecule has 0 bridgehead atoms. The van der Waals surface area contributed by atoms with Crippen molar-refractivity contribution in [3.63, 3.8) is 0 Å². The Hall–Kier alpha value is -1.45. The van der Waals surface area contributed by atoms with E-state index in [0.717, 1.165) is 16.3 Å². The summed E-state index contributed by atoms with van der Waals surface area (Å²) in [5, 5.41) is 9.46. The van der Waals surface area contributed by atoms with E-state index in [9.17, 15) is 18.0 Å². The van der Waals surface area contributed by atoms with E-state index in [4.69, 9.17) is 23.2 Å². The number of benzene rings is 1. The summed E-state index contributed by atoms with van der Waals surface area (Å²) in [5.74, 6) is -1.75. The number of carbonyl (C=O) groups excluding carboxylic acids is 1. The van der Waals surface area contributed by atoms with Crippen molar-refractivity contribution in [1.82, 2.24) is 14.8 Å². The molecule has 0 aliphatic rings. The first kappa shape index (κ1) is 17.9. The second-order valence-electron chi connectivity index (χ2n) is 4.30. The van der Waals surface area contributed by atoms with Crippen LogP contribution in [0.15, 0.2) is 23.4 Å². The highest BCUT2D eigenvalue weighted by Gasteiger charge is 2.37. The van der Waals surface area contributed by atoms with E-state index < -0.39 is 17.9 Å². The summed E-state index contributed by atoms with van der Waals surface area (Å²) in [6.07, 6.45) is -4.60. The molecular weight excluding hydrogens is 376 g/mol. The zero-order valence-electron chi connectivity index (χ0n) is 11.5. The fourth-order valence-electron chi connectivity index (χ4n) is 1.60. The molecular formula is C12H9Cl2F3N4OS. The Bertz CT molecular complexity index is 736. The van der Waals surface area contributed by atoms with Crippen molar-refractivity contribution in [3.05, 3.63) is 34.1 Å². The van der Waals surface area contributed by atoms with Crippen molar-refractivity contribution < 1.29 is 18.0 Å². The zero-order valence-corrected chi connectivity index (χ0v) is 13.8. The van der Waals surface area contributed by atoms with Crippen LogP contribution >= 0.6 is 35.0 Å². The Morgan fingerprint density at radius 3 is 2.65 bits per heavy atom. The lowest BCUT2D eigenvalue weighted by Crippen LogP contribution is -2.15. The summed E-state index contributed by atoms with van der Waals surface area (Å²) in [6.45, 7) is 0. The average molecular weight is 385 g/mol. The maximum atomic E-state index is 12.6. The maximum Gasteiger partial charge on any atom is 0.451 e. The third-order valence-electron chi connectivity index (χ3n) is 2.65. The van der Waals surface area contributed by atoms with Crippen LogP contribution in [0, 0.1) is 0 Å². The molecule has 11 heteroatoms. The quantitative estimate of drug-likeness (QED) is 0.812. The minimum atomic E-state index is -4.60. The predicted molar refractivity (Wildman–Crippen MR) is 81.8 cm³/mol. The standard InChI is InChI=1S/C12H9Cl2F3N4OS/c1-21-10(12(15,16)17)19-20-11(21)23-5-8(22)18-7-4-2-3-6(13)9(7)14/h2-4H,5H2,1H3,(H,18,22). The van der Waals surface area contributed by atoms with Crippen molar-refractivity contribution in [2.75, 3.05) is 11.1 Å². The highest BCUT2D eigenvalue weighted by atomic mass is 35.5. The largest absolute Gasteiger partial charge is 0.451 e. The molecule has 0 aliphatic carbocycles. The molecule has 0 fully saturated rings. The van der Waals surface area contributed by atoms with Gasteiger partial charge in [0.2, 0.25) is 11.7 Å².